The molecular weight excluding hydrogens is 332 g/mol. The molecule has 3 aromatic rings. The number of hydrogen-bond acceptors (Lipinski definition) is 5. The smallest absolute Gasteiger partial charge is 0.185 e. The molecular formula is C19H16N4OS. The minimum absolute atomic E-state index is 0.00914. The summed E-state index contributed by atoms with van der Waals surface area (Å²) in [6.45, 7) is 1.56. The van der Waals surface area contributed by atoms with Crippen molar-refractivity contribution in [3.8, 4) is 11.8 Å². The first-order valence-corrected chi connectivity index (χ1v) is 8.65. The summed E-state index contributed by atoms with van der Waals surface area (Å²) in [6.07, 6.45) is 0. The van der Waals surface area contributed by atoms with Gasteiger partial charge in [0.1, 0.15) is 11.6 Å². The summed E-state index contributed by atoms with van der Waals surface area (Å²) in [5, 5.41) is 9.77. The minimum atomic E-state index is -0.292. The molecule has 0 spiro atoms. The molecule has 0 atom stereocenters. The Kier molecular flexibility index (Phi) is 4.87. The van der Waals surface area contributed by atoms with Crippen LogP contribution < -0.4 is 5.73 Å². The monoisotopic (exact) mass is 348 g/mol. The van der Waals surface area contributed by atoms with Crippen LogP contribution in [0.1, 0.15) is 6.92 Å². The molecule has 3 rings (SSSR count). The van der Waals surface area contributed by atoms with E-state index in [0.717, 1.165) is 16.7 Å². The van der Waals surface area contributed by atoms with E-state index in [-0.39, 0.29) is 22.8 Å². The van der Waals surface area contributed by atoms with Gasteiger partial charge in [-0.3, -0.25) is 9.36 Å². The first-order chi connectivity index (χ1) is 12.1. The van der Waals surface area contributed by atoms with Gasteiger partial charge in [0.2, 0.25) is 0 Å². The maximum Gasteiger partial charge on any atom is 0.185 e. The second-order valence-corrected chi connectivity index (χ2v) is 6.38. The molecule has 2 N–H and O–H groups in total. The van der Waals surface area contributed by atoms with Crippen LogP contribution >= 0.6 is 11.8 Å². The van der Waals surface area contributed by atoms with Crippen molar-refractivity contribution in [2.75, 3.05) is 5.75 Å². The summed E-state index contributed by atoms with van der Waals surface area (Å²) < 4.78 is 2.01. The summed E-state index contributed by atoms with van der Waals surface area (Å²) >= 11 is 1.30. The van der Waals surface area contributed by atoms with E-state index in [4.69, 9.17) is 11.0 Å². The van der Waals surface area contributed by atoms with E-state index in [1.807, 2.05) is 65.2 Å². The van der Waals surface area contributed by atoms with Gasteiger partial charge in [-0.05, 0) is 31.2 Å². The Balaban J connectivity index is 1.99. The predicted molar refractivity (Wildman–Crippen MR) is 99.3 cm³/mol. The second-order valence-electron chi connectivity index (χ2n) is 5.44. The fraction of sp³-hybridized carbons (Fsp3) is 0.105. The largest absolute Gasteiger partial charge is 0.401 e. The van der Waals surface area contributed by atoms with E-state index in [1.54, 1.807) is 6.92 Å². The fourth-order valence-electron chi connectivity index (χ4n) is 2.50. The van der Waals surface area contributed by atoms with Crippen LogP contribution in [-0.2, 0) is 4.79 Å². The molecule has 0 aliphatic carbocycles. The molecule has 0 aliphatic rings. The summed E-state index contributed by atoms with van der Waals surface area (Å²) in [5.41, 5.74) is 8.65. The van der Waals surface area contributed by atoms with Crippen molar-refractivity contribution >= 4 is 28.6 Å². The Morgan fingerprint density at radius 2 is 1.88 bits per heavy atom. The molecule has 1 aromatic heterocycles. The van der Waals surface area contributed by atoms with Crippen LogP contribution in [0.4, 0.5) is 0 Å². The molecule has 0 saturated heterocycles. The first kappa shape index (κ1) is 16.8. The highest BCUT2D eigenvalue weighted by Gasteiger charge is 2.17. The molecule has 0 unspecified atom stereocenters. The first-order valence-electron chi connectivity index (χ1n) is 7.67. The highest BCUT2D eigenvalue weighted by Crippen LogP contribution is 2.28. The number of nitrogens with zero attached hydrogens (tertiary/aromatic N) is 3. The molecule has 6 heteroatoms. The van der Waals surface area contributed by atoms with Crippen molar-refractivity contribution in [3.63, 3.8) is 0 Å². The Morgan fingerprint density at radius 3 is 2.56 bits per heavy atom. The van der Waals surface area contributed by atoms with E-state index < -0.39 is 0 Å². The summed E-state index contributed by atoms with van der Waals surface area (Å²) in [6, 6.07) is 19.5. The van der Waals surface area contributed by atoms with Crippen molar-refractivity contribution in [2.24, 2.45) is 5.73 Å². The van der Waals surface area contributed by atoms with Crippen LogP contribution in [0.25, 0.3) is 16.7 Å². The van der Waals surface area contributed by atoms with Crippen LogP contribution in [0.15, 0.2) is 71.0 Å². The van der Waals surface area contributed by atoms with Crippen molar-refractivity contribution in [1.29, 1.82) is 5.26 Å². The number of nitrogens with two attached hydrogens (primary N) is 1. The van der Waals surface area contributed by atoms with E-state index in [0.29, 0.717) is 5.16 Å². The number of nitriles is 1. The third-order valence-corrected chi connectivity index (χ3v) is 4.60. The van der Waals surface area contributed by atoms with Crippen LogP contribution in [0, 0.1) is 11.3 Å². The van der Waals surface area contributed by atoms with Gasteiger partial charge in [-0.2, -0.15) is 5.26 Å². The van der Waals surface area contributed by atoms with Gasteiger partial charge in [0.15, 0.2) is 10.9 Å². The number of aromatic nitrogens is 2. The zero-order valence-corrected chi connectivity index (χ0v) is 14.5. The van der Waals surface area contributed by atoms with E-state index in [9.17, 15) is 4.79 Å². The number of carbonyl (C=O) groups excluding carboxylic acids is 1. The van der Waals surface area contributed by atoms with Gasteiger partial charge in [-0.15, -0.1) is 0 Å². The number of para-hydroxylation sites is 3. The number of allylic oxidation sites excluding steroid dienone is 2. The molecule has 25 heavy (non-hydrogen) atoms. The van der Waals surface area contributed by atoms with Crippen molar-refractivity contribution in [3.05, 3.63) is 65.9 Å². The zero-order valence-electron chi connectivity index (χ0n) is 13.6. The normalized spacial score (nSPS) is 11.8. The van der Waals surface area contributed by atoms with E-state index in [2.05, 4.69) is 4.98 Å². The Bertz CT molecular complexity index is 995. The summed E-state index contributed by atoms with van der Waals surface area (Å²) in [5.74, 6) is -0.188. The second kappa shape index (κ2) is 7.24. The fourth-order valence-corrected chi connectivity index (χ4v) is 3.40. The van der Waals surface area contributed by atoms with Gasteiger partial charge >= 0.3 is 0 Å². The van der Waals surface area contributed by atoms with Gasteiger partial charge in [0, 0.05) is 11.4 Å². The predicted octanol–water partition coefficient (Wildman–Crippen LogP) is 3.44. The van der Waals surface area contributed by atoms with Gasteiger partial charge < -0.3 is 5.73 Å². The van der Waals surface area contributed by atoms with Crippen LogP contribution in [-0.4, -0.2) is 21.1 Å². The molecule has 0 saturated carbocycles. The molecule has 0 aliphatic heterocycles. The van der Waals surface area contributed by atoms with Crippen LogP contribution in [0.5, 0.6) is 0 Å². The lowest BCUT2D eigenvalue weighted by Gasteiger charge is -2.08. The number of imidazole rings is 1. The van der Waals surface area contributed by atoms with E-state index in [1.165, 1.54) is 11.8 Å². The number of benzene rings is 2. The topological polar surface area (TPSA) is 84.7 Å². The lowest BCUT2D eigenvalue weighted by molar-refractivity contribution is -0.112. The number of rotatable bonds is 5. The third-order valence-electron chi connectivity index (χ3n) is 3.66. The van der Waals surface area contributed by atoms with Gasteiger partial charge in [0.05, 0.1) is 16.8 Å². The Labute approximate surface area is 149 Å². The highest BCUT2D eigenvalue weighted by molar-refractivity contribution is 7.99. The zero-order chi connectivity index (χ0) is 17.8. The average Bonchev–Trinajstić information content (AvgIpc) is 2.99. The molecule has 2 aromatic carbocycles. The molecule has 124 valence electrons. The number of fused-ring (bicyclic) bond motifs is 1. The standard InChI is InChI=1S/C19H16N4OS/c1-13(21)15(11-20)18(24)12-25-19-22-16-9-5-6-10-17(16)23(19)14-7-3-2-4-8-14/h2-10H,12,21H2,1H3. The third kappa shape index (κ3) is 3.42. The maximum absolute atomic E-state index is 12.2. The lowest BCUT2D eigenvalue weighted by atomic mass is 10.2. The Hall–Kier alpha value is -3.04. The number of Topliss-reactive ketones (excluding diaryl/α,β-unsaturated/α-hetero) is 1. The van der Waals surface area contributed by atoms with Gasteiger partial charge in [-0.25, -0.2) is 4.98 Å². The van der Waals surface area contributed by atoms with Crippen molar-refractivity contribution in [1.82, 2.24) is 9.55 Å². The van der Waals surface area contributed by atoms with Crippen molar-refractivity contribution < 1.29 is 4.79 Å². The number of thioether (sulfide) groups is 1. The van der Waals surface area contributed by atoms with Crippen LogP contribution in [0.3, 0.4) is 0 Å². The number of hydrogen-bond donors (Lipinski definition) is 1. The van der Waals surface area contributed by atoms with E-state index >= 15 is 0 Å². The minimum Gasteiger partial charge on any atom is -0.401 e. The maximum atomic E-state index is 12.2. The Morgan fingerprint density at radius 1 is 1.20 bits per heavy atom. The molecule has 0 bridgehead atoms. The molecule has 0 amide bonds. The molecule has 1 heterocycles. The molecule has 5 nitrogen and oxygen atoms in total. The van der Waals surface area contributed by atoms with Crippen molar-refractivity contribution in [2.45, 2.75) is 12.1 Å². The summed E-state index contributed by atoms with van der Waals surface area (Å²) in [7, 11) is 0. The summed E-state index contributed by atoms with van der Waals surface area (Å²) in [4.78, 5) is 16.9. The van der Waals surface area contributed by atoms with Gasteiger partial charge in [-0.1, -0.05) is 42.1 Å². The van der Waals surface area contributed by atoms with Crippen LogP contribution in [0.2, 0.25) is 0 Å². The average molecular weight is 348 g/mol. The number of ketones is 1. The lowest BCUT2D eigenvalue weighted by Crippen LogP contribution is -2.10. The SMILES string of the molecule is CC(N)=C(C#N)C(=O)CSc1nc2ccccc2n1-c1ccccc1. The number of carbonyl (C=O) groups is 1. The quantitative estimate of drug-likeness (QED) is 0.434. The molecule has 0 fully saturated rings. The molecule has 0 radical (unpaired) electrons. The van der Waals surface area contributed by atoms with Gasteiger partial charge in [0.25, 0.3) is 0 Å². The highest BCUT2D eigenvalue weighted by atomic mass is 32.2.